The molecule has 0 aliphatic heterocycles. The van der Waals surface area contributed by atoms with Gasteiger partial charge in [-0.3, -0.25) is 0 Å². The molecule has 2 aromatic carbocycles. The molecule has 2 rings (SSSR count). The highest BCUT2D eigenvalue weighted by atomic mass is 35.5. The first-order valence-electron chi connectivity index (χ1n) is 5.47. The third kappa shape index (κ3) is 2.71. The summed E-state index contributed by atoms with van der Waals surface area (Å²) in [6.45, 7) is 4.01. The van der Waals surface area contributed by atoms with E-state index in [9.17, 15) is 0 Å². The Balaban J connectivity index is 2.37. The fourth-order valence-corrected chi connectivity index (χ4v) is 1.99. The summed E-state index contributed by atoms with van der Waals surface area (Å²) in [5.74, 6) is 1.27. The minimum absolute atomic E-state index is 0.419. The van der Waals surface area contributed by atoms with Gasteiger partial charge in [0.1, 0.15) is 5.75 Å². The lowest BCUT2D eigenvalue weighted by Crippen LogP contribution is -1.94. The number of rotatable bonds is 2. The zero-order valence-corrected chi connectivity index (χ0v) is 11.6. The Morgan fingerprint density at radius 2 is 1.61 bits per heavy atom. The molecule has 4 heteroatoms. The van der Waals surface area contributed by atoms with Crippen molar-refractivity contribution in [2.75, 3.05) is 5.73 Å². The van der Waals surface area contributed by atoms with Crippen LogP contribution in [-0.2, 0) is 0 Å². The summed E-state index contributed by atoms with van der Waals surface area (Å²) < 4.78 is 5.76. The van der Waals surface area contributed by atoms with Crippen LogP contribution in [-0.4, -0.2) is 0 Å². The molecule has 0 aliphatic carbocycles. The monoisotopic (exact) mass is 281 g/mol. The van der Waals surface area contributed by atoms with Crippen molar-refractivity contribution in [2.45, 2.75) is 13.8 Å². The molecule has 0 bridgehead atoms. The predicted molar refractivity (Wildman–Crippen MR) is 76.9 cm³/mol. The lowest BCUT2D eigenvalue weighted by atomic mass is 10.1. The van der Waals surface area contributed by atoms with Crippen molar-refractivity contribution in [3.8, 4) is 11.5 Å². The lowest BCUT2D eigenvalue weighted by Gasteiger charge is -2.12. The van der Waals surface area contributed by atoms with E-state index in [4.69, 9.17) is 33.7 Å². The maximum atomic E-state index is 5.95. The second-order valence-electron chi connectivity index (χ2n) is 4.18. The number of nitrogens with two attached hydrogens (primary N) is 1. The van der Waals surface area contributed by atoms with Crippen LogP contribution in [0.1, 0.15) is 11.1 Å². The number of halogens is 2. The summed E-state index contributed by atoms with van der Waals surface area (Å²) in [5.41, 5.74) is 8.54. The van der Waals surface area contributed by atoms with Crippen LogP contribution in [0.4, 0.5) is 5.69 Å². The number of benzene rings is 2. The molecule has 18 heavy (non-hydrogen) atoms. The number of ether oxygens (including phenoxy) is 1. The minimum atomic E-state index is 0.419. The van der Waals surface area contributed by atoms with Crippen molar-refractivity contribution in [1.82, 2.24) is 0 Å². The number of hydrogen-bond donors (Lipinski definition) is 1. The van der Waals surface area contributed by atoms with Crippen LogP contribution in [0.25, 0.3) is 0 Å². The molecule has 0 aromatic heterocycles. The second-order valence-corrected chi connectivity index (χ2v) is 4.99. The largest absolute Gasteiger partial charge is 0.455 e. The Morgan fingerprint density at radius 3 is 2.28 bits per heavy atom. The number of hydrogen-bond acceptors (Lipinski definition) is 2. The lowest BCUT2D eigenvalue weighted by molar-refractivity contribution is 0.481. The molecule has 0 saturated heterocycles. The highest BCUT2D eigenvalue weighted by Gasteiger charge is 2.08. The molecule has 0 aliphatic rings. The highest BCUT2D eigenvalue weighted by Crippen LogP contribution is 2.35. The highest BCUT2D eigenvalue weighted by molar-refractivity contribution is 6.42. The molecule has 0 spiro atoms. The van der Waals surface area contributed by atoms with Gasteiger partial charge in [0, 0.05) is 6.07 Å². The molecule has 2 nitrogen and oxygen atoms in total. The van der Waals surface area contributed by atoms with E-state index in [0.29, 0.717) is 21.5 Å². The Labute approximate surface area is 116 Å². The summed E-state index contributed by atoms with van der Waals surface area (Å²) in [6, 6.07) is 9.15. The van der Waals surface area contributed by atoms with Crippen LogP contribution in [0.2, 0.25) is 10.0 Å². The Kier molecular flexibility index (Phi) is 3.69. The van der Waals surface area contributed by atoms with Crippen molar-refractivity contribution >= 4 is 28.9 Å². The molecular weight excluding hydrogens is 269 g/mol. The third-order valence-corrected chi connectivity index (χ3v) is 3.33. The molecule has 0 fully saturated rings. The average Bonchev–Trinajstić information content (AvgIpc) is 2.29. The molecule has 0 unspecified atom stereocenters. The Bertz CT molecular complexity index is 597. The maximum Gasteiger partial charge on any atom is 0.151 e. The quantitative estimate of drug-likeness (QED) is 0.788. The summed E-state index contributed by atoms with van der Waals surface area (Å²) in [4.78, 5) is 0. The van der Waals surface area contributed by atoms with Crippen LogP contribution in [0.3, 0.4) is 0 Å². The van der Waals surface area contributed by atoms with E-state index in [2.05, 4.69) is 0 Å². The zero-order valence-electron chi connectivity index (χ0n) is 10.1. The van der Waals surface area contributed by atoms with Crippen molar-refractivity contribution in [1.29, 1.82) is 0 Å². The fraction of sp³-hybridized carbons (Fsp3) is 0.143. The smallest absolute Gasteiger partial charge is 0.151 e. The molecule has 0 radical (unpaired) electrons. The standard InChI is InChI=1S/C14H13Cl2NO/c1-8-3-4-13(9(2)5-8)18-14-7-11(16)10(15)6-12(14)17/h3-7H,17H2,1-2H3. The second kappa shape index (κ2) is 5.09. The van der Waals surface area contributed by atoms with Crippen molar-refractivity contribution in [3.63, 3.8) is 0 Å². The van der Waals surface area contributed by atoms with Crippen molar-refractivity contribution in [2.24, 2.45) is 0 Å². The summed E-state index contributed by atoms with van der Waals surface area (Å²) in [5, 5.41) is 0.841. The molecule has 0 saturated carbocycles. The van der Waals surface area contributed by atoms with Crippen LogP contribution in [0.5, 0.6) is 11.5 Å². The molecule has 2 aromatic rings. The van der Waals surface area contributed by atoms with Gasteiger partial charge in [0.15, 0.2) is 5.75 Å². The van der Waals surface area contributed by atoms with Crippen LogP contribution in [0, 0.1) is 13.8 Å². The SMILES string of the molecule is Cc1ccc(Oc2cc(Cl)c(Cl)cc2N)c(C)c1. The minimum Gasteiger partial charge on any atom is -0.455 e. The van der Waals surface area contributed by atoms with Gasteiger partial charge in [0.05, 0.1) is 15.7 Å². The number of nitrogen functional groups attached to an aromatic ring is 1. The summed E-state index contributed by atoms with van der Waals surface area (Å²) in [7, 11) is 0. The van der Waals surface area contributed by atoms with Crippen molar-refractivity contribution in [3.05, 3.63) is 51.5 Å². The van der Waals surface area contributed by atoms with Crippen molar-refractivity contribution < 1.29 is 4.74 Å². The fourth-order valence-electron chi connectivity index (χ4n) is 1.66. The topological polar surface area (TPSA) is 35.2 Å². The van der Waals surface area contributed by atoms with Gasteiger partial charge in [-0.2, -0.15) is 0 Å². The van der Waals surface area contributed by atoms with Gasteiger partial charge in [-0.05, 0) is 31.5 Å². The van der Waals surface area contributed by atoms with E-state index in [-0.39, 0.29) is 0 Å². The molecule has 0 heterocycles. The van der Waals surface area contributed by atoms with E-state index >= 15 is 0 Å². The first-order chi connectivity index (χ1) is 8.47. The first-order valence-corrected chi connectivity index (χ1v) is 6.22. The van der Waals surface area contributed by atoms with Gasteiger partial charge in [0.2, 0.25) is 0 Å². The van der Waals surface area contributed by atoms with E-state index in [0.717, 1.165) is 11.3 Å². The summed E-state index contributed by atoms with van der Waals surface area (Å²) >= 11 is 11.8. The molecule has 2 N–H and O–H groups in total. The Hall–Kier alpha value is -1.38. The van der Waals surface area contributed by atoms with Gasteiger partial charge in [-0.1, -0.05) is 40.9 Å². The number of anilines is 1. The van der Waals surface area contributed by atoms with Crippen LogP contribution < -0.4 is 10.5 Å². The third-order valence-electron chi connectivity index (χ3n) is 2.60. The summed E-state index contributed by atoms with van der Waals surface area (Å²) in [6.07, 6.45) is 0. The van der Waals surface area contributed by atoms with Gasteiger partial charge >= 0.3 is 0 Å². The van der Waals surface area contributed by atoms with Gasteiger partial charge < -0.3 is 10.5 Å². The zero-order chi connectivity index (χ0) is 13.3. The van der Waals surface area contributed by atoms with E-state index in [1.807, 2.05) is 32.0 Å². The normalized spacial score (nSPS) is 10.4. The van der Waals surface area contributed by atoms with E-state index in [1.54, 1.807) is 12.1 Å². The maximum absolute atomic E-state index is 5.95. The Morgan fingerprint density at radius 1 is 0.944 bits per heavy atom. The van der Waals surface area contributed by atoms with Crippen LogP contribution >= 0.6 is 23.2 Å². The molecule has 0 atom stereocenters. The average molecular weight is 282 g/mol. The predicted octanol–water partition coefficient (Wildman–Crippen LogP) is 4.98. The van der Waals surface area contributed by atoms with Gasteiger partial charge in [0.25, 0.3) is 0 Å². The van der Waals surface area contributed by atoms with Gasteiger partial charge in [-0.15, -0.1) is 0 Å². The number of aryl methyl sites for hydroxylation is 2. The van der Waals surface area contributed by atoms with E-state index < -0.39 is 0 Å². The molecule has 94 valence electrons. The molecule has 0 amide bonds. The van der Waals surface area contributed by atoms with E-state index in [1.165, 1.54) is 5.56 Å². The van der Waals surface area contributed by atoms with Gasteiger partial charge in [-0.25, -0.2) is 0 Å². The van der Waals surface area contributed by atoms with Crippen LogP contribution in [0.15, 0.2) is 30.3 Å². The first kappa shape index (κ1) is 13.1. The molecular formula is C14H13Cl2NO.